The number of thioether (sulfide) groups is 1. The molecule has 7 heteroatoms. The third-order valence-corrected chi connectivity index (χ3v) is 4.86. The number of nitro groups is 1. The van der Waals surface area contributed by atoms with Gasteiger partial charge in [0.05, 0.1) is 4.92 Å². The van der Waals surface area contributed by atoms with Crippen LogP contribution in [-0.4, -0.2) is 27.9 Å². The zero-order valence-corrected chi connectivity index (χ0v) is 12.7. The van der Waals surface area contributed by atoms with E-state index in [1.165, 1.54) is 18.2 Å². The van der Waals surface area contributed by atoms with E-state index in [0.717, 1.165) is 25.0 Å². The van der Waals surface area contributed by atoms with E-state index in [2.05, 4.69) is 12.2 Å². The van der Waals surface area contributed by atoms with E-state index in [1.807, 2.05) is 11.8 Å². The van der Waals surface area contributed by atoms with Crippen molar-refractivity contribution in [1.82, 2.24) is 0 Å². The van der Waals surface area contributed by atoms with Crippen LogP contribution >= 0.6 is 11.8 Å². The van der Waals surface area contributed by atoms with Crippen LogP contribution in [0.4, 0.5) is 11.4 Å². The van der Waals surface area contributed by atoms with Crippen molar-refractivity contribution in [2.24, 2.45) is 5.73 Å². The zero-order chi connectivity index (χ0) is 15.4. The van der Waals surface area contributed by atoms with E-state index in [-0.39, 0.29) is 17.3 Å². The van der Waals surface area contributed by atoms with Crippen molar-refractivity contribution in [3.8, 4) is 0 Å². The molecule has 1 aromatic rings. The molecule has 0 bridgehead atoms. The normalized spacial score (nSPS) is 21.2. The van der Waals surface area contributed by atoms with Gasteiger partial charge in [-0.15, -0.1) is 0 Å². The fraction of sp³-hybridized carbons (Fsp3) is 0.500. The summed E-state index contributed by atoms with van der Waals surface area (Å²) in [5.74, 6) is 0.494. The standard InChI is InChI=1S/C14H19N3O3S/c1-2-21-11-5-4-10(8-11)16-12-7-9(14(15)18)3-6-13(12)17(19)20/h3,6-7,10-11,16H,2,4-5,8H2,1H3,(H2,15,18). The summed E-state index contributed by atoms with van der Waals surface area (Å²) < 4.78 is 0. The number of primary amides is 1. The van der Waals surface area contributed by atoms with Gasteiger partial charge in [-0.1, -0.05) is 6.92 Å². The van der Waals surface area contributed by atoms with E-state index >= 15 is 0 Å². The van der Waals surface area contributed by atoms with E-state index in [1.54, 1.807) is 0 Å². The fourth-order valence-electron chi connectivity index (χ4n) is 2.64. The smallest absolute Gasteiger partial charge is 0.292 e. The molecule has 0 heterocycles. The van der Waals surface area contributed by atoms with E-state index in [9.17, 15) is 14.9 Å². The number of hydrogen-bond acceptors (Lipinski definition) is 5. The maximum atomic E-state index is 11.2. The molecule has 0 aliphatic heterocycles. The number of anilines is 1. The van der Waals surface area contributed by atoms with E-state index in [0.29, 0.717) is 10.9 Å². The lowest BCUT2D eigenvalue weighted by Crippen LogP contribution is -2.18. The molecule has 2 atom stereocenters. The minimum atomic E-state index is -0.584. The third kappa shape index (κ3) is 3.87. The van der Waals surface area contributed by atoms with Crippen LogP contribution in [0.5, 0.6) is 0 Å². The van der Waals surface area contributed by atoms with Crippen LogP contribution in [0.1, 0.15) is 36.5 Å². The molecular weight excluding hydrogens is 290 g/mol. The van der Waals surface area contributed by atoms with E-state index in [4.69, 9.17) is 5.73 Å². The highest BCUT2D eigenvalue weighted by Gasteiger charge is 2.26. The summed E-state index contributed by atoms with van der Waals surface area (Å²) in [7, 11) is 0. The molecule has 1 saturated carbocycles. The Bertz CT molecular complexity index is 550. The minimum Gasteiger partial charge on any atom is -0.377 e. The number of benzene rings is 1. The van der Waals surface area contributed by atoms with Crippen molar-refractivity contribution in [2.45, 2.75) is 37.5 Å². The summed E-state index contributed by atoms with van der Waals surface area (Å²) in [6.45, 7) is 2.13. The first-order valence-electron chi connectivity index (χ1n) is 6.97. The van der Waals surface area contributed by atoms with Gasteiger partial charge in [-0.2, -0.15) is 11.8 Å². The van der Waals surface area contributed by atoms with Crippen LogP contribution in [0.25, 0.3) is 0 Å². The number of nitrogens with zero attached hydrogens (tertiary/aromatic N) is 1. The second kappa shape index (κ2) is 6.80. The van der Waals surface area contributed by atoms with Crippen molar-refractivity contribution in [3.63, 3.8) is 0 Å². The Morgan fingerprint density at radius 2 is 2.29 bits per heavy atom. The summed E-state index contributed by atoms with van der Waals surface area (Å²) in [5.41, 5.74) is 5.87. The Kier molecular flexibility index (Phi) is 5.06. The number of nitrogens with one attached hydrogen (secondary N) is 1. The number of hydrogen-bond donors (Lipinski definition) is 2. The number of rotatable bonds is 6. The predicted molar refractivity (Wildman–Crippen MR) is 84.8 cm³/mol. The van der Waals surface area contributed by atoms with Gasteiger partial charge < -0.3 is 11.1 Å². The molecule has 1 aromatic carbocycles. The van der Waals surface area contributed by atoms with Crippen LogP contribution in [0.15, 0.2) is 18.2 Å². The molecule has 1 aliphatic rings. The molecule has 2 unspecified atom stereocenters. The Morgan fingerprint density at radius 3 is 2.90 bits per heavy atom. The molecule has 6 nitrogen and oxygen atoms in total. The van der Waals surface area contributed by atoms with Crippen molar-refractivity contribution in [2.75, 3.05) is 11.1 Å². The summed E-state index contributed by atoms with van der Waals surface area (Å²) in [4.78, 5) is 21.9. The second-order valence-electron chi connectivity index (χ2n) is 5.08. The van der Waals surface area contributed by atoms with Crippen molar-refractivity contribution >= 4 is 29.0 Å². The summed E-state index contributed by atoms with van der Waals surface area (Å²) in [6.07, 6.45) is 3.07. The molecule has 1 fully saturated rings. The maximum Gasteiger partial charge on any atom is 0.292 e. The third-order valence-electron chi connectivity index (χ3n) is 3.62. The lowest BCUT2D eigenvalue weighted by atomic mass is 10.1. The number of nitro benzene ring substituents is 1. The van der Waals surface area contributed by atoms with Crippen molar-refractivity contribution < 1.29 is 9.72 Å². The first kappa shape index (κ1) is 15.6. The second-order valence-corrected chi connectivity index (χ2v) is 6.66. The van der Waals surface area contributed by atoms with Crippen LogP contribution in [0.3, 0.4) is 0 Å². The molecule has 114 valence electrons. The number of carbonyl (C=O) groups is 1. The first-order chi connectivity index (χ1) is 10.0. The fourth-order valence-corrected chi connectivity index (χ4v) is 3.78. The highest BCUT2D eigenvalue weighted by Crippen LogP contribution is 2.34. The van der Waals surface area contributed by atoms with Gasteiger partial charge in [0.15, 0.2) is 0 Å². The van der Waals surface area contributed by atoms with Gasteiger partial charge in [0, 0.05) is 22.9 Å². The van der Waals surface area contributed by atoms with Gasteiger partial charge in [0.25, 0.3) is 5.69 Å². The average Bonchev–Trinajstić information content (AvgIpc) is 2.86. The summed E-state index contributed by atoms with van der Waals surface area (Å²) in [6, 6.07) is 4.39. The highest BCUT2D eigenvalue weighted by atomic mass is 32.2. The van der Waals surface area contributed by atoms with Gasteiger partial charge in [-0.25, -0.2) is 0 Å². The van der Waals surface area contributed by atoms with Crippen molar-refractivity contribution in [1.29, 1.82) is 0 Å². The predicted octanol–water partition coefficient (Wildman–Crippen LogP) is 2.78. The Balaban J connectivity index is 2.16. The Hall–Kier alpha value is -1.76. The molecule has 0 aromatic heterocycles. The molecule has 0 saturated heterocycles. The summed E-state index contributed by atoms with van der Waals surface area (Å²) >= 11 is 1.92. The number of carbonyl (C=O) groups excluding carboxylic acids is 1. The van der Waals surface area contributed by atoms with E-state index < -0.39 is 10.8 Å². The van der Waals surface area contributed by atoms with Crippen LogP contribution in [0, 0.1) is 10.1 Å². The van der Waals surface area contributed by atoms with Gasteiger partial charge in [-0.05, 0) is 37.1 Å². The van der Waals surface area contributed by atoms with Gasteiger partial charge in [0.1, 0.15) is 5.69 Å². The Labute approximate surface area is 127 Å². The molecule has 0 spiro atoms. The molecular formula is C14H19N3O3S. The zero-order valence-electron chi connectivity index (χ0n) is 11.9. The van der Waals surface area contributed by atoms with Gasteiger partial charge >= 0.3 is 0 Å². The summed E-state index contributed by atoms with van der Waals surface area (Å²) in [5, 5.41) is 14.9. The molecule has 3 N–H and O–H groups in total. The van der Waals surface area contributed by atoms with Crippen LogP contribution in [-0.2, 0) is 0 Å². The number of amides is 1. The maximum absolute atomic E-state index is 11.2. The van der Waals surface area contributed by atoms with Gasteiger partial charge in [0.2, 0.25) is 5.91 Å². The van der Waals surface area contributed by atoms with Gasteiger partial charge in [-0.3, -0.25) is 14.9 Å². The molecule has 21 heavy (non-hydrogen) atoms. The molecule has 1 aliphatic carbocycles. The highest BCUT2D eigenvalue weighted by molar-refractivity contribution is 7.99. The SMILES string of the molecule is CCSC1CCC(Nc2cc(C(N)=O)ccc2[N+](=O)[O-])C1. The average molecular weight is 309 g/mol. The topological polar surface area (TPSA) is 98.3 Å². The van der Waals surface area contributed by atoms with Crippen molar-refractivity contribution in [3.05, 3.63) is 33.9 Å². The quantitative estimate of drug-likeness (QED) is 0.622. The lowest BCUT2D eigenvalue weighted by molar-refractivity contribution is -0.384. The Morgan fingerprint density at radius 1 is 1.52 bits per heavy atom. The minimum absolute atomic E-state index is 0.0217. The first-order valence-corrected chi connectivity index (χ1v) is 8.02. The molecule has 1 amide bonds. The lowest BCUT2D eigenvalue weighted by Gasteiger charge is -2.15. The van der Waals surface area contributed by atoms with Crippen LogP contribution < -0.4 is 11.1 Å². The largest absolute Gasteiger partial charge is 0.377 e. The number of nitrogens with two attached hydrogens (primary N) is 1. The molecule has 2 rings (SSSR count). The monoisotopic (exact) mass is 309 g/mol. The van der Waals surface area contributed by atoms with Crippen LogP contribution in [0.2, 0.25) is 0 Å². The molecule has 0 radical (unpaired) electrons.